The van der Waals surface area contributed by atoms with E-state index in [9.17, 15) is 9.59 Å². The highest BCUT2D eigenvalue weighted by molar-refractivity contribution is 5.92. The number of amides is 2. The van der Waals surface area contributed by atoms with Crippen molar-refractivity contribution in [2.45, 2.75) is 70.9 Å². The molecule has 3 N–H and O–H groups in total. The van der Waals surface area contributed by atoms with E-state index in [1.54, 1.807) is 0 Å². The molecule has 4 bridgehead atoms. The molecule has 0 saturated heterocycles. The number of nitrogens with one attached hydrogen (secondary N) is 3. The number of hydrogen-bond donors (Lipinski definition) is 3. The van der Waals surface area contributed by atoms with E-state index in [4.69, 9.17) is 0 Å². The second kappa shape index (κ2) is 7.75. The van der Waals surface area contributed by atoms with Crippen molar-refractivity contribution in [2.24, 2.45) is 17.8 Å². The second-order valence-corrected chi connectivity index (χ2v) is 10.3. The summed E-state index contributed by atoms with van der Waals surface area (Å²) < 4.78 is 0. The van der Waals surface area contributed by atoms with Crippen molar-refractivity contribution in [3.8, 4) is 0 Å². The fourth-order valence-electron chi connectivity index (χ4n) is 6.33. The molecule has 5 rings (SSSR count). The summed E-state index contributed by atoms with van der Waals surface area (Å²) in [4.78, 5) is 26.5. The third-order valence-electron chi connectivity index (χ3n) is 7.67. The standard InChI is InChI=1S/C24H35N3O2/c1-15-5-6-16(2)21(7-15)25-22(28)14-27(4)17(3)23(29)26-24-11-18-8-19(12-24)10-20(9-18)13-24/h5-7,17-20H,8-14H2,1-4H3,(H,25,28)(H,26,29)/p+1/t17-,18?,19?,20?,24?/m0/s1. The Morgan fingerprint density at radius 1 is 1.10 bits per heavy atom. The van der Waals surface area contributed by atoms with Crippen molar-refractivity contribution in [3.63, 3.8) is 0 Å². The maximum atomic E-state index is 13.0. The summed E-state index contributed by atoms with van der Waals surface area (Å²) >= 11 is 0. The number of anilines is 1. The fraction of sp³-hybridized carbons (Fsp3) is 0.667. The fourth-order valence-corrected chi connectivity index (χ4v) is 6.33. The summed E-state index contributed by atoms with van der Waals surface area (Å²) in [6.07, 6.45) is 7.58. The number of carbonyl (C=O) groups excluding carboxylic acids is 2. The van der Waals surface area contributed by atoms with Gasteiger partial charge in [0, 0.05) is 11.2 Å². The predicted octanol–water partition coefficient (Wildman–Crippen LogP) is 2.23. The molecule has 0 spiro atoms. The Kier molecular flexibility index (Phi) is 5.45. The first kappa shape index (κ1) is 20.4. The van der Waals surface area contributed by atoms with Crippen molar-refractivity contribution in [2.75, 3.05) is 18.9 Å². The second-order valence-electron chi connectivity index (χ2n) is 10.3. The van der Waals surface area contributed by atoms with Crippen LogP contribution in [0.25, 0.3) is 0 Å². The number of benzene rings is 1. The van der Waals surface area contributed by atoms with E-state index in [0.29, 0.717) is 0 Å². The van der Waals surface area contributed by atoms with Gasteiger partial charge in [-0.15, -0.1) is 0 Å². The van der Waals surface area contributed by atoms with Crippen LogP contribution in [0.4, 0.5) is 5.69 Å². The zero-order valence-corrected chi connectivity index (χ0v) is 18.3. The van der Waals surface area contributed by atoms with Crippen molar-refractivity contribution in [3.05, 3.63) is 29.3 Å². The highest BCUT2D eigenvalue weighted by atomic mass is 16.2. The Bertz CT molecular complexity index is 768. The molecule has 4 aliphatic carbocycles. The molecule has 4 fully saturated rings. The van der Waals surface area contributed by atoms with Crippen LogP contribution in [0.3, 0.4) is 0 Å². The lowest BCUT2D eigenvalue weighted by Gasteiger charge is -2.57. The van der Waals surface area contributed by atoms with Crippen LogP contribution in [0, 0.1) is 31.6 Å². The average molecular weight is 399 g/mol. The quantitative estimate of drug-likeness (QED) is 0.688. The van der Waals surface area contributed by atoms with Gasteiger partial charge in [0.2, 0.25) is 0 Å². The molecule has 1 unspecified atom stereocenters. The van der Waals surface area contributed by atoms with E-state index in [1.165, 1.54) is 19.3 Å². The van der Waals surface area contributed by atoms with Crippen LogP contribution in [-0.2, 0) is 9.59 Å². The lowest BCUT2D eigenvalue weighted by molar-refractivity contribution is -0.885. The zero-order chi connectivity index (χ0) is 20.8. The minimum atomic E-state index is -0.243. The molecule has 29 heavy (non-hydrogen) atoms. The summed E-state index contributed by atoms with van der Waals surface area (Å²) in [7, 11) is 1.94. The molecule has 2 amide bonds. The Balaban J connectivity index is 1.33. The normalized spacial score (nSPS) is 31.9. The van der Waals surface area contributed by atoms with E-state index in [2.05, 4.69) is 10.6 Å². The minimum absolute atomic E-state index is 0.0291. The molecule has 2 atom stereocenters. The average Bonchev–Trinajstić information content (AvgIpc) is 2.62. The SMILES string of the molecule is Cc1ccc(C)c(NC(=O)C[NH+](C)[C@@H](C)C(=O)NC23CC4CC(CC(C4)C2)C3)c1. The third kappa shape index (κ3) is 4.35. The van der Waals surface area contributed by atoms with Gasteiger partial charge in [-0.25, -0.2) is 0 Å². The third-order valence-corrected chi connectivity index (χ3v) is 7.67. The van der Waals surface area contributed by atoms with Crippen LogP contribution in [0.2, 0.25) is 0 Å². The first-order valence-corrected chi connectivity index (χ1v) is 11.2. The molecular formula is C24H36N3O2+. The van der Waals surface area contributed by atoms with Gasteiger partial charge in [0.25, 0.3) is 11.8 Å². The van der Waals surface area contributed by atoms with Crippen molar-refractivity contribution in [1.29, 1.82) is 0 Å². The lowest BCUT2D eigenvalue weighted by atomic mass is 9.53. The Labute approximate surface area is 174 Å². The van der Waals surface area contributed by atoms with Crippen molar-refractivity contribution < 1.29 is 14.5 Å². The van der Waals surface area contributed by atoms with Gasteiger partial charge in [-0.3, -0.25) is 9.59 Å². The van der Waals surface area contributed by atoms with Crippen LogP contribution >= 0.6 is 0 Å². The first-order chi connectivity index (χ1) is 13.7. The predicted molar refractivity (Wildman–Crippen MR) is 115 cm³/mol. The van der Waals surface area contributed by atoms with Gasteiger partial charge >= 0.3 is 0 Å². The van der Waals surface area contributed by atoms with E-state index in [-0.39, 0.29) is 29.9 Å². The maximum Gasteiger partial charge on any atom is 0.279 e. The molecule has 158 valence electrons. The van der Waals surface area contributed by atoms with Gasteiger partial charge in [-0.1, -0.05) is 12.1 Å². The van der Waals surface area contributed by atoms with Crippen molar-refractivity contribution in [1.82, 2.24) is 5.32 Å². The highest BCUT2D eigenvalue weighted by Gasteiger charge is 2.52. The van der Waals surface area contributed by atoms with E-state index in [1.807, 2.05) is 46.0 Å². The van der Waals surface area contributed by atoms with Crippen LogP contribution in [-0.4, -0.2) is 37.0 Å². The van der Waals surface area contributed by atoms with E-state index in [0.717, 1.165) is 58.7 Å². The summed E-state index contributed by atoms with van der Waals surface area (Å²) in [5.41, 5.74) is 3.05. The van der Waals surface area contributed by atoms with Gasteiger partial charge in [0.05, 0.1) is 7.05 Å². The molecule has 4 aliphatic rings. The number of carbonyl (C=O) groups is 2. The largest absolute Gasteiger partial charge is 0.345 e. The molecule has 5 heteroatoms. The molecule has 0 heterocycles. The van der Waals surface area contributed by atoms with Crippen LogP contribution < -0.4 is 15.5 Å². The molecule has 1 aromatic rings. The number of rotatable bonds is 6. The molecule has 1 aromatic carbocycles. The lowest BCUT2D eigenvalue weighted by Crippen LogP contribution is -3.15. The Morgan fingerprint density at radius 3 is 2.28 bits per heavy atom. The smallest absolute Gasteiger partial charge is 0.279 e. The Morgan fingerprint density at radius 2 is 1.69 bits per heavy atom. The summed E-state index contributed by atoms with van der Waals surface area (Å²) in [5, 5.41) is 6.46. The number of hydrogen-bond acceptors (Lipinski definition) is 2. The minimum Gasteiger partial charge on any atom is -0.345 e. The van der Waals surface area contributed by atoms with Gasteiger partial charge in [0.15, 0.2) is 12.6 Å². The summed E-state index contributed by atoms with van der Waals surface area (Å²) in [5.74, 6) is 2.48. The molecule has 0 radical (unpaired) electrons. The van der Waals surface area contributed by atoms with Gasteiger partial charge in [0.1, 0.15) is 0 Å². The van der Waals surface area contributed by atoms with Crippen LogP contribution in [0.15, 0.2) is 18.2 Å². The maximum absolute atomic E-state index is 13.0. The monoisotopic (exact) mass is 398 g/mol. The molecule has 5 nitrogen and oxygen atoms in total. The number of quaternary nitrogens is 1. The number of likely N-dealkylation sites (N-methyl/N-ethyl adjacent to an activating group) is 1. The van der Waals surface area contributed by atoms with Gasteiger partial charge in [-0.05, 0) is 94.2 Å². The van der Waals surface area contributed by atoms with E-state index < -0.39 is 0 Å². The molecule has 0 aliphatic heterocycles. The zero-order valence-electron chi connectivity index (χ0n) is 18.3. The molecule has 0 aromatic heterocycles. The summed E-state index contributed by atoms with van der Waals surface area (Å²) in [6, 6.07) is 5.81. The van der Waals surface area contributed by atoms with Crippen LogP contribution in [0.5, 0.6) is 0 Å². The first-order valence-electron chi connectivity index (χ1n) is 11.2. The van der Waals surface area contributed by atoms with Gasteiger partial charge in [-0.2, -0.15) is 0 Å². The highest BCUT2D eigenvalue weighted by Crippen LogP contribution is 2.55. The Hall–Kier alpha value is -1.88. The van der Waals surface area contributed by atoms with Crippen LogP contribution in [0.1, 0.15) is 56.6 Å². The molecular weight excluding hydrogens is 362 g/mol. The van der Waals surface area contributed by atoms with Gasteiger partial charge < -0.3 is 15.5 Å². The van der Waals surface area contributed by atoms with E-state index >= 15 is 0 Å². The molecule has 4 saturated carbocycles. The number of aryl methyl sites for hydroxylation is 2. The topological polar surface area (TPSA) is 62.6 Å². The van der Waals surface area contributed by atoms with Crippen molar-refractivity contribution >= 4 is 17.5 Å². The summed E-state index contributed by atoms with van der Waals surface area (Å²) in [6.45, 7) is 6.23.